The molecule has 2 aromatic rings. The van der Waals surface area contributed by atoms with Crippen LogP contribution in [0.3, 0.4) is 0 Å². The van der Waals surface area contributed by atoms with Crippen LogP contribution in [0.15, 0.2) is 58.3 Å². The monoisotopic (exact) mass is 296 g/mol. The van der Waals surface area contributed by atoms with Crippen LogP contribution in [0.2, 0.25) is 0 Å². The predicted molar refractivity (Wildman–Crippen MR) is 88.0 cm³/mol. The molecule has 0 aromatic heterocycles. The molecular formula is C19H22NS+. The Morgan fingerprint density at radius 3 is 2.38 bits per heavy atom. The highest BCUT2D eigenvalue weighted by molar-refractivity contribution is 7.99. The maximum absolute atomic E-state index is 2.36. The maximum atomic E-state index is 2.36. The summed E-state index contributed by atoms with van der Waals surface area (Å²) in [5.74, 6) is 0. The van der Waals surface area contributed by atoms with E-state index in [-0.39, 0.29) is 0 Å². The van der Waals surface area contributed by atoms with Crippen LogP contribution in [0.5, 0.6) is 0 Å². The van der Waals surface area contributed by atoms with E-state index in [1.165, 1.54) is 54.1 Å². The summed E-state index contributed by atoms with van der Waals surface area (Å²) in [4.78, 5) is 4.71. The van der Waals surface area contributed by atoms with Gasteiger partial charge in [-0.1, -0.05) is 48.2 Å². The first kappa shape index (κ1) is 13.4. The molecule has 1 saturated heterocycles. The molecule has 1 atom stereocenters. The second-order valence-corrected chi connectivity index (χ2v) is 7.31. The molecule has 1 fully saturated rings. The first-order valence-electron chi connectivity index (χ1n) is 8.11. The zero-order chi connectivity index (χ0) is 14.1. The topological polar surface area (TPSA) is 4.44 Å². The molecule has 2 aliphatic rings. The van der Waals surface area contributed by atoms with E-state index in [1.54, 1.807) is 10.5 Å². The molecule has 0 unspecified atom stereocenters. The lowest BCUT2D eigenvalue weighted by atomic mass is 9.95. The zero-order valence-corrected chi connectivity index (χ0v) is 13.2. The Balaban J connectivity index is 1.78. The van der Waals surface area contributed by atoms with Crippen LogP contribution >= 0.6 is 11.8 Å². The second-order valence-electron chi connectivity index (χ2n) is 6.22. The lowest BCUT2D eigenvalue weighted by molar-refractivity contribution is -0.936. The molecule has 2 aromatic carbocycles. The molecule has 2 aliphatic heterocycles. The van der Waals surface area contributed by atoms with Crippen molar-refractivity contribution in [1.82, 2.24) is 0 Å². The number of nitrogens with one attached hydrogen (secondary N) is 1. The quantitative estimate of drug-likeness (QED) is 0.844. The standard InChI is InChI=1S/C19H21NS/c1-6-12-20(13-7-1)17-14-15-8-2-4-10-18(15)21-19-11-5-3-9-16(17)19/h2-5,8-11,17H,1,6-7,12-14H2/p+1/t17-/m0/s1. The molecule has 0 aliphatic carbocycles. The molecule has 108 valence electrons. The first-order valence-corrected chi connectivity index (χ1v) is 8.93. The summed E-state index contributed by atoms with van der Waals surface area (Å²) in [5.41, 5.74) is 3.09. The third-order valence-electron chi connectivity index (χ3n) is 4.90. The van der Waals surface area contributed by atoms with Crippen molar-refractivity contribution in [2.45, 2.75) is 41.5 Å². The van der Waals surface area contributed by atoms with E-state index in [2.05, 4.69) is 48.5 Å². The van der Waals surface area contributed by atoms with E-state index in [4.69, 9.17) is 0 Å². The Labute approximate surface area is 131 Å². The average molecular weight is 296 g/mol. The lowest BCUT2D eigenvalue weighted by Crippen LogP contribution is -3.13. The minimum Gasteiger partial charge on any atom is -0.328 e. The van der Waals surface area contributed by atoms with Crippen molar-refractivity contribution in [3.05, 3.63) is 59.7 Å². The molecular weight excluding hydrogens is 274 g/mol. The van der Waals surface area contributed by atoms with Gasteiger partial charge in [0.15, 0.2) is 0 Å². The summed E-state index contributed by atoms with van der Waals surface area (Å²) >= 11 is 1.96. The van der Waals surface area contributed by atoms with E-state index in [0.29, 0.717) is 6.04 Å². The number of likely N-dealkylation sites (tertiary alicyclic amines) is 1. The van der Waals surface area contributed by atoms with Crippen molar-refractivity contribution >= 4 is 11.8 Å². The number of hydrogen-bond acceptors (Lipinski definition) is 1. The van der Waals surface area contributed by atoms with Gasteiger partial charge in [0.05, 0.1) is 13.1 Å². The number of quaternary nitrogens is 1. The SMILES string of the molecule is c1ccc2c(c1)C[C@H]([NH+]1CCCCC1)c1ccccc1S2. The minimum absolute atomic E-state index is 0.637. The van der Waals surface area contributed by atoms with Crippen LogP contribution in [0.25, 0.3) is 0 Å². The fraction of sp³-hybridized carbons (Fsp3) is 0.368. The van der Waals surface area contributed by atoms with Crippen molar-refractivity contribution < 1.29 is 4.90 Å². The normalized spacial score (nSPS) is 22.2. The van der Waals surface area contributed by atoms with Crippen molar-refractivity contribution in [3.8, 4) is 0 Å². The van der Waals surface area contributed by atoms with Crippen LogP contribution in [-0.4, -0.2) is 13.1 Å². The summed E-state index contributed by atoms with van der Waals surface area (Å²) in [6.07, 6.45) is 5.39. The van der Waals surface area contributed by atoms with Crippen molar-refractivity contribution in [2.75, 3.05) is 13.1 Å². The second kappa shape index (κ2) is 5.86. The molecule has 0 radical (unpaired) electrons. The van der Waals surface area contributed by atoms with Gasteiger partial charge in [-0.15, -0.1) is 0 Å². The van der Waals surface area contributed by atoms with Crippen LogP contribution in [0.4, 0.5) is 0 Å². The summed E-state index contributed by atoms with van der Waals surface area (Å²) in [7, 11) is 0. The van der Waals surface area contributed by atoms with Crippen molar-refractivity contribution in [3.63, 3.8) is 0 Å². The van der Waals surface area contributed by atoms with Crippen molar-refractivity contribution in [1.29, 1.82) is 0 Å². The highest BCUT2D eigenvalue weighted by atomic mass is 32.2. The Hall–Kier alpha value is -1.25. The van der Waals surface area contributed by atoms with Crippen LogP contribution in [-0.2, 0) is 6.42 Å². The summed E-state index contributed by atoms with van der Waals surface area (Å²) < 4.78 is 0. The molecule has 21 heavy (non-hydrogen) atoms. The first-order chi connectivity index (χ1) is 10.4. The van der Waals surface area contributed by atoms with Gasteiger partial charge in [0.25, 0.3) is 0 Å². The van der Waals surface area contributed by atoms with E-state index in [0.717, 1.165) is 0 Å². The molecule has 0 bridgehead atoms. The van der Waals surface area contributed by atoms with Crippen LogP contribution in [0.1, 0.15) is 36.4 Å². The molecule has 2 heteroatoms. The third kappa shape index (κ3) is 2.63. The van der Waals surface area contributed by atoms with Gasteiger partial charge in [-0.2, -0.15) is 0 Å². The third-order valence-corrected chi connectivity index (χ3v) is 6.11. The van der Waals surface area contributed by atoms with Crippen LogP contribution < -0.4 is 4.90 Å². The largest absolute Gasteiger partial charge is 0.328 e. The van der Waals surface area contributed by atoms with E-state index in [9.17, 15) is 0 Å². The highest BCUT2D eigenvalue weighted by Crippen LogP contribution is 2.39. The van der Waals surface area contributed by atoms with Gasteiger partial charge >= 0.3 is 0 Å². The Morgan fingerprint density at radius 2 is 1.52 bits per heavy atom. The summed E-state index contributed by atoms with van der Waals surface area (Å²) in [6.45, 7) is 2.68. The maximum Gasteiger partial charge on any atom is 0.118 e. The van der Waals surface area contributed by atoms with Gasteiger partial charge in [0, 0.05) is 21.8 Å². The Morgan fingerprint density at radius 1 is 0.810 bits per heavy atom. The number of hydrogen-bond donors (Lipinski definition) is 1. The molecule has 2 heterocycles. The molecule has 1 N–H and O–H groups in total. The number of benzene rings is 2. The van der Waals surface area contributed by atoms with E-state index < -0.39 is 0 Å². The summed E-state index contributed by atoms with van der Waals surface area (Å²) in [5, 5.41) is 0. The number of rotatable bonds is 1. The average Bonchev–Trinajstić information content (AvgIpc) is 2.72. The Kier molecular flexibility index (Phi) is 3.74. The minimum atomic E-state index is 0.637. The molecule has 1 nitrogen and oxygen atoms in total. The number of piperidine rings is 1. The smallest absolute Gasteiger partial charge is 0.118 e. The molecule has 4 rings (SSSR count). The van der Waals surface area contributed by atoms with E-state index in [1.807, 2.05) is 11.8 Å². The van der Waals surface area contributed by atoms with E-state index >= 15 is 0 Å². The fourth-order valence-electron chi connectivity index (χ4n) is 3.80. The van der Waals surface area contributed by atoms with Gasteiger partial charge in [-0.3, -0.25) is 0 Å². The van der Waals surface area contributed by atoms with Gasteiger partial charge in [-0.25, -0.2) is 0 Å². The number of fused-ring (bicyclic) bond motifs is 2. The van der Waals surface area contributed by atoms with Crippen LogP contribution in [0, 0.1) is 0 Å². The fourth-order valence-corrected chi connectivity index (χ4v) is 4.94. The predicted octanol–water partition coefficient (Wildman–Crippen LogP) is 3.50. The zero-order valence-electron chi connectivity index (χ0n) is 12.3. The molecule has 0 amide bonds. The van der Waals surface area contributed by atoms with Gasteiger partial charge in [0.1, 0.15) is 6.04 Å². The van der Waals surface area contributed by atoms with Gasteiger partial charge in [-0.05, 0) is 37.0 Å². The van der Waals surface area contributed by atoms with Gasteiger partial charge < -0.3 is 4.90 Å². The van der Waals surface area contributed by atoms with Gasteiger partial charge in [0.2, 0.25) is 0 Å². The lowest BCUT2D eigenvalue weighted by Gasteiger charge is -2.32. The molecule has 0 saturated carbocycles. The summed E-state index contributed by atoms with van der Waals surface area (Å²) in [6, 6.07) is 18.7. The Bertz CT molecular complexity index is 631. The molecule has 0 spiro atoms. The van der Waals surface area contributed by atoms with Crippen molar-refractivity contribution in [2.24, 2.45) is 0 Å². The highest BCUT2D eigenvalue weighted by Gasteiger charge is 2.31.